The number of nitrogens with zero attached hydrogens (tertiary/aromatic N) is 1. The molecule has 1 saturated heterocycles. The van der Waals surface area contributed by atoms with E-state index in [1.54, 1.807) is 6.92 Å². The Bertz CT molecular complexity index is 388. The van der Waals surface area contributed by atoms with Crippen molar-refractivity contribution in [3.8, 4) is 6.07 Å². The van der Waals surface area contributed by atoms with Crippen LogP contribution in [0.15, 0.2) is 0 Å². The minimum atomic E-state index is -0.711. The topological polar surface area (TPSA) is 59.3 Å². The first-order valence-corrected chi connectivity index (χ1v) is 7.55. The van der Waals surface area contributed by atoms with E-state index < -0.39 is 5.92 Å². The molecule has 0 aromatic rings. The second kappa shape index (κ2) is 6.58. The summed E-state index contributed by atoms with van der Waals surface area (Å²) in [7, 11) is 0. The van der Waals surface area contributed by atoms with E-state index in [1.165, 1.54) is 0 Å². The number of nitriles is 1. The molecule has 3 unspecified atom stereocenters. The Hall–Kier alpha value is -1.08. The van der Waals surface area contributed by atoms with Crippen molar-refractivity contribution in [2.75, 3.05) is 13.2 Å². The summed E-state index contributed by atoms with van der Waals surface area (Å²) >= 11 is 0. The molecular weight excluding hydrogens is 254 g/mol. The van der Waals surface area contributed by atoms with Crippen molar-refractivity contribution in [2.24, 2.45) is 17.3 Å². The molecule has 1 heterocycles. The van der Waals surface area contributed by atoms with E-state index in [0.717, 1.165) is 19.3 Å². The molecule has 1 fully saturated rings. The molecule has 0 spiro atoms. The lowest BCUT2D eigenvalue weighted by molar-refractivity contribution is -0.169. The normalized spacial score (nSPS) is 31.6. The monoisotopic (exact) mass is 281 g/mol. The smallest absolute Gasteiger partial charge is 0.323 e. The zero-order valence-electron chi connectivity index (χ0n) is 13.4. The molecule has 0 aliphatic carbocycles. The van der Waals surface area contributed by atoms with E-state index in [1.807, 2.05) is 0 Å². The third-order valence-corrected chi connectivity index (χ3v) is 4.85. The fraction of sp³-hybridized carbons (Fsp3) is 0.875. The van der Waals surface area contributed by atoms with Crippen LogP contribution in [-0.2, 0) is 14.3 Å². The van der Waals surface area contributed by atoms with Gasteiger partial charge in [0.15, 0.2) is 0 Å². The Labute approximate surface area is 122 Å². The van der Waals surface area contributed by atoms with Crippen molar-refractivity contribution in [1.82, 2.24) is 0 Å². The molecule has 4 heteroatoms. The summed E-state index contributed by atoms with van der Waals surface area (Å²) in [5, 5.41) is 9.54. The van der Waals surface area contributed by atoms with Gasteiger partial charge in [0, 0.05) is 12.0 Å². The van der Waals surface area contributed by atoms with Gasteiger partial charge in [-0.3, -0.25) is 4.79 Å². The molecule has 0 bridgehead atoms. The Morgan fingerprint density at radius 1 is 1.45 bits per heavy atom. The van der Waals surface area contributed by atoms with E-state index in [9.17, 15) is 10.1 Å². The number of rotatable bonds is 5. The molecular formula is C16H27NO3. The minimum absolute atomic E-state index is 0.228. The molecule has 0 radical (unpaired) electrons. The van der Waals surface area contributed by atoms with Gasteiger partial charge >= 0.3 is 5.97 Å². The number of carbonyl (C=O) groups is 1. The molecule has 0 saturated carbocycles. The van der Waals surface area contributed by atoms with Crippen LogP contribution < -0.4 is 0 Å². The van der Waals surface area contributed by atoms with Gasteiger partial charge in [-0.15, -0.1) is 0 Å². The summed E-state index contributed by atoms with van der Waals surface area (Å²) < 4.78 is 11.0. The van der Waals surface area contributed by atoms with Crippen LogP contribution in [0.3, 0.4) is 0 Å². The molecule has 114 valence electrons. The molecule has 0 amide bonds. The van der Waals surface area contributed by atoms with Gasteiger partial charge in [-0.05, 0) is 39.0 Å². The van der Waals surface area contributed by atoms with Crippen LogP contribution in [0.2, 0.25) is 0 Å². The second-order valence-corrected chi connectivity index (χ2v) is 6.28. The molecule has 1 rings (SSSR count). The summed E-state index contributed by atoms with van der Waals surface area (Å²) in [4.78, 5) is 12.2. The Morgan fingerprint density at radius 2 is 2.10 bits per heavy atom. The van der Waals surface area contributed by atoms with Gasteiger partial charge in [0.05, 0.1) is 18.3 Å². The Balaban J connectivity index is 3.14. The highest BCUT2D eigenvalue weighted by atomic mass is 16.5. The summed E-state index contributed by atoms with van der Waals surface area (Å²) in [6, 6.07) is 2.21. The molecule has 0 aromatic heterocycles. The Kier molecular flexibility index (Phi) is 5.59. The summed E-state index contributed by atoms with van der Waals surface area (Å²) in [5.41, 5.74) is -0.617. The highest BCUT2D eigenvalue weighted by Gasteiger charge is 2.52. The predicted molar refractivity (Wildman–Crippen MR) is 76.9 cm³/mol. The number of carbonyl (C=O) groups excluding carboxylic acids is 1. The minimum Gasteiger partial charge on any atom is -0.465 e. The summed E-state index contributed by atoms with van der Waals surface area (Å²) in [6.07, 6.45) is 2.34. The average molecular weight is 281 g/mol. The zero-order valence-corrected chi connectivity index (χ0v) is 13.4. The van der Waals surface area contributed by atoms with Gasteiger partial charge in [-0.25, -0.2) is 0 Å². The zero-order chi connectivity index (χ0) is 15.4. The lowest BCUT2D eigenvalue weighted by Crippen LogP contribution is -2.51. The number of ether oxygens (including phenoxy) is 2. The second-order valence-electron chi connectivity index (χ2n) is 6.28. The molecule has 3 atom stereocenters. The number of hydrogen-bond acceptors (Lipinski definition) is 4. The standard InChI is InChI=1S/C16H27NO3/c1-6-15(5)11-16(12(3)4,8-9-20-15)13(10-17)14(18)19-7-2/h12-13H,6-9,11H2,1-5H3. The third-order valence-electron chi connectivity index (χ3n) is 4.85. The predicted octanol–water partition coefficient (Wildman–Crippen LogP) is 3.31. The average Bonchev–Trinajstić information content (AvgIpc) is 2.39. The maximum Gasteiger partial charge on any atom is 0.323 e. The third kappa shape index (κ3) is 3.15. The van der Waals surface area contributed by atoms with Crippen molar-refractivity contribution >= 4 is 5.97 Å². The van der Waals surface area contributed by atoms with Gasteiger partial charge < -0.3 is 9.47 Å². The van der Waals surface area contributed by atoms with E-state index >= 15 is 0 Å². The van der Waals surface area contributed by atoms with Crippen molar-refractivity contribution in [1.29, 1.82) is 5.26 Å². The largest absolute Gasteiger partial charge is 0.465 e. The van der Waals surface area contributed by atoms with Gasteiger partial charge in [0.2, 0.25) is 0 Å². The van der Waals surface area contributed by atoms with Crippen LogP contribution in [0.5, 0.6) is 0 Å². The van der Waals surface area contributed by atoms with Gasteiger partial charge in [-0.2, -0.15) is 5.26 Å². The lowest BCUT2D eigenvalue weighted by Gasteiger charge is -2.49. The van der Waals surface area contributed by atoms with Crippen molar-refractivity contribution in [3.63, 3.8) is 0 Å². The first-order valence-electron chi connectivity index (χ1n) is 7.55. The van der Waals surface area contributed by atoms with E-state index in [4.69, 9.17) is 9.47 Å². The Morgan fingerprint density at radius 3 is 2.55 bits per heavy atom. The first kappa shape index (κ1) is 17.0. The quantitative estimate of drug-likeness (QED) is 0.725. The van der Waals surface area contributed by atoms with Crippen LogP contribution in [-0.4, -0.2) is 24.8 Å². The SMILES string of the molecule is CCOC(=O)C(C#N)C1(C(C)C)CCOC(C)(CC)C1. The molecule has 20 heavy (non-hydrogen) atoms. The van der Waals surface area contributed by atoms with Gasteiger partial charge in [0.25, 0.3) is 0 Å². The summed E-state index contributed by atoms with van der Waals surface area (Å²) in [5.74, 6) is -0.868. The van der Waals surface area contributed by atoms with Gasteiger partial charge in [0.1, 0.15) is 5.92 Å². The van der Waals surface area contributed by atoms with Crippen molar-refractivity contribution in [3.05, 3.63) is 0 Å². The van der Waals surface area contributed by atoms with E-state index in [2.05, 4.69) is 33.8 Å². The van der Waals surface area contributed by atoms with Crippen molar-refractivity contribution < 1.29 is 14.3 Å². The van der Waals surface area contributed by atoms with Crippen LogP contribution in [0, 0.1) is 28.6 Å². The first-order chi connectivity index (χ1) is 9.35. The molecule has 1 aliphatic rings. The molecule has 0 aromatic carbocycles. The van der Waals surface area contributed by atoms with E-state index in [-0.39, 0.29) is 22.9 Å². The van der Waals surface area contributed by atoms with Gasteiger partial charge in [-0.1, -0.05) is 20.8 Å². The fourth-order valence-electron chi connectivity index (χ4n) is 3.26. The molecule has 0 N–H and O–H groups in total. The fourth-order valence-corrected chi connectivity index (χ4v) is 3.26. The number of hydrogen-bond donors (Lipinski definition) is 0. The summed E-state index contributed by atoms with van der Waals surface area (Å²) in [6.45, 7) is 11.0. The number of esters is 1. The van der Waals surface area contributed by atoms with Crippen LogP contribution in [0.1, 0.15) is 53.9 Å². The highest BCUT2D eigenvalue weighted by molar-refractivity contribution is 5.76. The van der Waals surface area contributed by atoms with Crippen LogP contribution in [0.25, 0.3) is 0 Å². The van der Waals surface area contributed by atoms with Crippen molar-refractivity contribution in [2.45, 2.75) is 59.5 Å². The van der Waals surface area contributed by atoms with Crippen LogP contribution >= 0.6 is 0 Å². The maximum atomic E-state index is 12.2. The van der Waals surface area contributed by atoms with E-state index in [0.29, 0.717) is 13.2 Å². The highest BCUT2D eigenvalue weighted by Crippen LogP contribution is 2.50. The molecule has 1 aliphatic heterocycles. The molecule has 4 nitrogen and oxygen atoms in total. The maximum absolute atomic E-state index is 12.2. The van der Waals surface area contributed by atoms with Crippen LogP contribution in [0.4, 0.5) is 0 Å². The lowest BCUT2D eigenvalue weighted by atomic mass is 9.59.